The van der Waals surface area contributed by atoms with Crippen LogP contribution in [0.5, 0.6) is 0 Å². The molecule has 2 heterocycles. The van der Waals surface area contributed by atoms with Crippen LogP contribution in [0.4, 0.5) is 22.0 Å². The fourth-order valence-corrected chi connectivity index (χ4v) is 4.23. The largest absolute Gasteiger partial charge is 0.369 e. The average molecular weight is 502 g/mol. The topological polar surface area (TPSA) is 119 Å². The van der Waals surface area contributed by atoms with Gasteiger partial charge in [-0.1, -0.05) is 58.0 Å². The molecule has 3 aromatic rings. The van der Waals surface area contributed by atoms with Gasteiger partial charge in [0.05, 0.1) is 29.5 Å². The fraction of sp³-hybridized carbons (Fsp3) is 0.333. The predicted molar refractivity (Wildman–Crippen MR) is 149 cm³/mol. The van der Waals surface area contributed by atoms with Gasteiger partial charge in [0.15, 0.2) is 11.7 Å². The third-order valence-corrected chi connectivity index (χ3v) is 5.68. The van der Waals surface area contributed by atoms with E-state index in [1.165, 1.54) is 0 Å². The van der Waals surface area contributed by atoms with Gasteiger partial charge in [-0.05, 0) is 42.0 Å². The third-order valence-electron chi connectivity index (χ3n) is 5.68. The summed E-state index contributed by atoms with van der Waals surface area (Å²) in [6.07, 6.45) is 3.17. The molecule has 0 saturated carbocycles. The molecule has 194 valence electrons. The predicted octanol–water partition coefficient (Wildman–Crippen LogP) is 4.49. The molecule has 0 saturated heterocycles. The van der Waals surface area contributed by atoms with Crippen molar-refractivity contribution in [3.05, 3.63) is 66.1 Å². The minimum Gasteiger partial charge on any atom is -0.369 e. The number of hydrazone groups is 1. The quantitative estimate of drug-likeness (QED) is 0.293. The highest BCUT2D eigenvalue weighted by molar-refractivity contribution is 6.06. The average Bonchev–Trinajstić information content (AvgIpc) is 3.39. The minimum absolute atomic E-state index is 0.380. The first-order valence-electron chi connectivity index (χ1n) is 12.5. The second kappa shape index (κ2) is 11.7. The Kier molecular flexibility index (Phi) is 8.19. The smallest absolute Gasteiger partial charge is 0.324 e. The Morgan fingerprint density at radius 2 is 1.68 bits per heavy atom. The molecule has 37 heavy (non-hydrogen) atoms. The van der Waals surface area contributed by atoms with Crippen molar-refractivity contribution < 1.29 is 4.79 Å². The summed E-state index contributed by atoms with van der Waals surface area (Å²) in [4.78, 5) is 23.8. The first-order valence-corrected chi connectivity index (χ1v) is 12.5. The summed E-state index contributed by atoms with van der Waals surface area (Å²) in [5, 5.41) is 10.1. The van der Waals surface area contributed by atoms with Crippen LogP contribution in [0.2, 0.25) is 0 Å². The Balaban J connectivity index is 1.72. The van der Waals surface area contributed by atoms with Gasteiger partial charge in [-0.25, -0.2) is 15.3 Å². The number of benzene rings is 2. The number of rotatable bonds is 9. The minimum atomic E-state index is -0.380. The molecular formula is C27H35N9O. The zero-order valence-electron chi connectivity index (χ0n) is 22.0. The summed E-state index contributed by atoms with van der Waals surface area (Å²) in [7, 11) is 0. The molecule has 0 fully saturated rings. The van der Waals surface area contributed by atoms with Crippen LogP contribution in [0.1, 0.15) is 39.0 Å². The van der Waals surface area contributed by atoms with Gasteiger partial charge in [-0.15, -0.1) is 10.6 Å². The van der Waals surface area contributed by atoms with Crippen LogP contribution >= 0.6 is 0 Å². The van der Waals surface area contributed by atoms with Crippen LogP contribution in [-0.2, 0) is 0 Å². The number of aryl methyl sites for hydroxylation is 1. The number of hydrogen-bond donors (Lipinski definition) is 5. The maximum Gasteiger partial charge on any atom is 0.324 e. The molecule has 10 nitrogen and oxygen atoms in total. The van der Waals surface area contributed by atoms with Gasteiger partial charge in [-0.3, -0.25) is 15.7 Å². The van der Waals surface area contributed by atoms with E-state index in [9.17, 15) is 4.79 Å². The van der Waals surface area contributed by atoms with E-state index in [4.69, 9.17) is 0 Å². The van der Waals surface area contributed by atoms with Crippen molar-refractivity contribution in [3.8, 4) is 11.1 Å². The zero-order valence-corrected chi connectivity index (χ0v) is 22.0. The Morgan fingerprint density at radius 1 is 0.946 bits per heavy atom. The Morgan fingerprint density at radius 3 is 2.30 bits per heavy atom. The number of carbonyl (C=O) groups excluding carboxylic acids is 1. The lowest BCUT2D eigenvalue weighted by atomic mass is 9.97. The number of nitrogens with zero attached hydrogens (tertiary/aromatic N) is 4. The number of aromatic nitrogens is 2. The second-order valence-electron chi connectivity index (χ2n) is 9.91. The van der Waals surface area contributed by atoms with Crippen LogP contribution in [0.3, 0.4) is 0 Å². The van der Waals surface area contributed by atoms with Crippen molar-refractivity contribution in [2.24, 2.45) is 16.9 Å². The lowest BCUT2D eigenvalue weighted by molar-refractivity contribution is 0.262. The van der Waals surface area contributed by atoms with Crippen molar-refractivity contribution in [2.45, 2.75) is 34.6 Å². The maximum absolute atomic E-state index is 13.1. The van der Waals surface area contributed by atoms with Gasteiger partial charge in [-0.2, -0.15) is 0 Å². The highest BCUT2D eigenvalue weighted by Crippen LogP contribution is 2.34. The monoisotopic (exact) mass is 501 g/mol. The van der Waals surface area contributed by atoms with Crippen molar-refractivity contribution in [1.82, 2.24) is 26.5 Å². The lowest BCUT2D eigenvalue weighted by Crippen LogP contribution is -2.35. The van der Waals surface area contributed by atoms with E-state index in [-0.39, 0.29) is 6.03 Å². The Labute approximate surface area is 217 Å². The maximum atomic E-state index is 13.1. The summed E-state index contributed by atoms with van der Waals surface area (Å²) in [6, 6.07) is 13.8. The molecule has 5 N–H and O–H groups in total. The normalized spacial score (nSPS) is 12.7. The van der Waals surface area contributed by atoms with Crippen molar-refractivity contribution >= 4 is 29.1 Å². The number of hydrazine groups is 2. The van der Waals surface area contributed by atoms with Crippen molar-refractivity contribution in [3.63, 3.8) is 0 Å². The highest BCUT2D eigenvalue weighted by Gasteiger charge is 2.19. The number of amides is 2. The van der Waals surface area contributed by atoms with Crippen LogP contribution in [0, 0.1) is 18.8 Å². The lowest BCUT2D eigenvalue weighted by Gasteiger charge is -2.31. The highest BCUT2D eigenvalue weighted by atomic mass is 16.2. The molecule has 2 aromatic carbocycles. The standard InChI is InChI=1S/C27H35N9O/c1-17(2)15-36(16-18(3)4)24-11-10-20(21-8-6-7-9-22(21)26-32-34-35-33-26)12-23(24)30-27(37)31-25-14-28-19(5)13-29-25/h6-14,17-18,34-35H,15-16H2,1-5H3,(H,32,33)(H2,29,30,31,37). The number of amidine groups is 1. The van der Waals surface area contributed by atoms with E-state index in [1.54, 1.807) is 12.4 Å². The number of urea groups is 1. The molecule has 1 aromatic heterocycles. The fourth-order valence-electron chi connectivity index (χ4n) is 4.23. The Hall–Kier alpha value is -4.18. The molecule has 0 spiro atoms. The molecule has 1 aliphatic rings. The van der Waals surface area contributed by atoms with E-state index in [0.29, 0.717) is 29.2 Å². The molecule has 1 aliphatic heterocycles. The zero-order chi connectivity index (χ0) is 26.4. The van der Waals surface area contributed by atoms with Crippen LogP contribution in [-0.4, -0.2) is 34.9 Å². The Bertz CT molecular complexity index is 1240. The second-order valence-corrected chi connectivity index (χ2v) is 9.91. The summed E-state index contributed by atoms with van der Waals surface area (Å²) in [6.45, 7) is 12.4. The molecule has 4 rings (SSSR count). The molecular weight excluding hydrogens is 466 g/mol. The summed E-state index contributed by atoms with van der Waals surface area (Å²) in [5.74, 6) is 1.98. The van der Waals surface area contributed by atoms with Crippen molar-refractivity contribution in [1.29, 1.82) is 0 Å². The first kappa shape index (κ1) is 25.9. The van der Waals surface area contributed by atoms with Crippen molar-refractivity contribution in [2.75, 3.05) is 28.6 Å². The van der Waals surface area contributed by atoms with E-state index in [0.717, 1.165) is 41.2 Å². The van der Waals surface area contributed by atoms with Gasteiger partial charge in [0.2, 0.25) is 0 Å². The molecule has 10 heteroatoms. The third kappa shape index (κ3) is 6.73. The first-order chi connectivity index (χ1) is 17.8. The van der Waals surface area contributed by atoms with E-state index in [2.05, 4.69) is 86.9 Å². The van der Waals surface area contributed by atoms with Crippen LogP contribution in [0.15, 0.2) is 60.0 Å². The van der Waals surface area contributed by atoms with Gasteiger partial charge >= 0.3 is 6.03 Å². The van der Waals surface area contributed by atoms with Crippen LogP contribution in [0.25, 0.3) is 11.1 Å². The SMILES string of the molecule is Cc1cnc(NC(=O)Nc2cc(-c3ccccc3C3=NNNN3)ccc2N(CC(C)C)CC(C)C)cn1. The summed E-state index contributed by atoms with van der Waals surface area (Å²) < 4.78 is 0. The van der Waals surface area contributed by atoms with Crippen LogP contribution < -0.4 is 32.0 Å². The number of nitrogens with one attached hydrogen (secondary N) is 5. The molecule has 0 atom stereocenters. The van der Waals surface area contributed by atoms with E-state index in [1.807, 2.05) is 37.3 Å². The molecule has 2 amide bonds. The van der Waals surface area contributed by atoms with Gasteiger partial charge in [0.25, 0.3) is 0 Å². The van der Waals surface area contributed by atoms with Gasteiger partial charge < -0.3 is 10.2 Å². The molecule has 0 radical (unpaired) electrons. The van der Waals surface area contributed by atoms with E-state index >= 15 is 0 Å². The molecule has 0 bridgehead atoms. The summed E-state index contributed by atoms with van der Waals surface area (Å²) >= 11 is 0. The van der Waals surface area contributed by atoms with Gasteiger partial charge in [0.1, 0.15) is 0 Å². The van der Waals surface area contributed by atoms with E-state index < -0.39 is 0 Å². The molecule has 0 unspecified atom stereocenters. The number of carbonyl (C=O) groups is 1. The molecule has 0 aliphatic carbocycles. The number of anilines is 3. The number of hydrogen-bond acceptors (Lipinski definition) is 8. The summed E-state index contributed by atoms with van der Waals surface area (Å²) in [5.41, 5.74) is 13.9. The van der Waals surface area contributed by atoms with Gasteiger partial charge in [0, 0.05) is 18.7 Å².